The highest BCUT2D eigenvalue weighted by Gasteiger charge is 2.07. The fourth-order valence-electron chi connectivity index (χ4n) is 2.51. The molecule has 0 saturated carbocycles. The minimum atomic E-state index is -0.0830. The minimum absolute atomic E-state index is 0. The summed E-state index contributed by atoms with van der Waals surface area (Å²) in [5.74, 6) is 1.83. The van der Waals surface area contributed by atoms with E-state index in [9.17, 15) is 4.79 Å². The second-order valence-electron chi connectivity index (χ2n) is 6.32. The van der Waals surface area contributed by atoms with E-state index in [0.717, 1.165) is 24.3 Å². The average Bonchev–Trinajstić information content (AvgIpc) is 3.19. The Bertz CT molecular complexity index is 720. The van der Waals surface area contributed by atoms with Crippen LogP contribution in [0.15, 0.2) is 46.8 Å². The van der Waals surface area contributed by atoms with Gasteiger partial charge >= 0.3 is 0 Å². The molecule has 0 aliphatic rings. The molecule has 28 heavy (non-hydrogen) atoms. The SMILES string of the molecule is CN=C(NCC(=O)NCc1ccc(OC)cc1)NCC(C)Cc1cccs1.I. The van der Waals surface area contributed by atoms with Crippen LogP contribution in [0.2, 0.25) is 0 Å². The molecule has 2 aromatic rings. The van der Waals surface area contributed by atoms with Crippen molar-refractivity contribution in [3.63, 3.8) is 0 Å². The third-order valence-corrected chi connectivity index (χ3v) is 4.94. The smallest absolute Gasteiger partial charge is 0.239 e. The molecule has 1 aromatic carbocycles. The molecule has 1 heterocycles. The summed E-state index contributed by atoms with van der Waals surface area (Å²) in [5, 5.41) is 11.3. The Morgan fingerprint density at radius 2 is 1.93 bits per heavy atom. The molecule has 1 unspecified atom stereocenters. The highest BCUT2D eigenvalue weighted by Crippen LogP contribution is 2.13. The first-order valence-corrected chi connectivity index (χ1v) is 9.85. The lowest BCUT2D eigenvalue weighted by Gasteiger charge is -2.15. The Morgan fingerprint density at radius 3 is 2.54 bits per heavy atom. The largest absolute Gasteiger partial charge is 0.497 e. The standard InChI is InChI=1S/C20H28N4O2S.HI/c1-15(11-18-5-4-10-27-18)12-23-20(21-2)24-14-19(25)22-13-16-6-8-17(26-3)9-7-16;/h4-10,15H,11-14H2,1-3H3,(H,22,25)(H2,21,23,24);1H. The van der Waals surface area contributed by atoms with Gasteiger partial charge < -0.3 is 20.7 Å². The number of methoxy groups -OCH3 is 1. The van der Waals surface area contributed by atoms with Crippen molar-refractivity contribution in [3.05, 3.63) is 52.2 Å². The van der Waals surface area contributed by atoms with Crippen molar-refractivity contribution in [2.45, 2.75) is 19.9 Å². The van der Waals surface area contributed by atoms with E-state index in [2.05, 4.69) is 45.4 Å². The molecule has 1 amide bonds. The van der Waals surface area contributed by atoms with Crippen LogP contribution in [0.3, 0.4) is 0 Å². The van der Waals surface area contributed by atoms with E-state index in [1.54, 1.807) is 25.5 Å². The molecule has 154 valence electrons. The molecule has 3 N–H and O–H groups in total. The molecule has 1 aromatic heterocycles. The third-order valence-electron chi connectivity index (χ3n) is 4.04. The number of carbonyl (C=O) groups excluding carboxylic acids is 1. The molecular weight excluding hydrogens is 487 g/mol. The van der Waals surface area contributed by atoms with Gasteiger partial charge in [-0.3, -0.25) is 9.79 Å². The van der Waals surface area contributed by atoms with Gasteiger partial charge in [-0.15, -0.1) is 35.3 Å². The predicted molar refractivity (Wildman–Crippen MR) is 127 cm³/mol. The summed E-state index contributed by atoms with van der Waals surface area (Å²) in [4.78, 5) is 17.6. The zero-order valence-corrected chi connectivity index (χ0v) is 19.7. The van der Waals surface area contributed by atoms with Gasteiger partial charge in [0, 0.05) is 25.0 Å². The predicted octanol–water partition coefficient (Wildman–Crippen LogP) is 3.03. The van der Waals surface area contributed by atoms with Gasteiger partial charge in [0.25, 0.3) is 0 Å². The van der Waals surface area contributed by atoms with Gasteiger partial charge in [0.2, 0.25) is 5.91 Å². The van der Waals surface area contributed by atoms with Crippen LogP contribution in [0.25, 0.3) is 0 Å². The van der Waals surface area contributed by atoms with Crippen molar-refractivity contribution < 1.29 is 9.53 Å². The van der Waals surface area contributed by atoms with E-state index in [-0.39, 0.29) is 36.4 Å². The number of benzene rings is 1. The molecule has 0 spiro atoms. The van der Waals surface area contributed by atoms with Crippen molar-refractivity contribution in [1.82, 2.24) is 16.0 Å². The summed E-state index contributed by atoms with van der Waals surface area (Å²) in [5.41, 5.74) is 1.02. The number of rotatable bonds is 9. The maximum absolute atomic E-state index is 12.0. The average molecular weight is 516 g/mol. The number of carbonyl (C=O) groups is 1. The van der Waals surface area contributed by atoms with Crippen LogP contribution < -0.4 is 20.7 Å². The molecule has 0 aliphatic heterocycles. The Hall–Kier alpha value is -1.81. The van der Waals surface area contributed by atoms with E-state index < -0.39 is 0 Å². The van der Waals surface area contributed by atoms with E-state index in [1.807, 2.05) is 24.3 Å². The van der Waals surface area contributed by atoms with Crippen molar-refractivity contribution in [3.8, 4) is 5.75 Å². The van der Waals surface area contributed by atoms with Gasteiger partial charge in [-0.1, -0.05) is 25.1 Å². The van der Waals surface area contributed by atoms with Crippen LogP contribution in [-0.2, 0) is 17.8 Å². The lowest BCUT2D eigenvalue weighted by molar-refractivity contribution is -0.120. The van der Waals surface area contributed by atoms with Crippen LogP contribution in [0.5, 0.6) is 5.75 Å². The number of amides is 1. The summed E-state index contributed by atoms with van der Waals surface area (Å²) in [7, 11) is 3.33. The molecular formula is C20H29IN4O2S. The lowest BCUT2D eigenvalue weighted by atomic mass is 10.1. The number of nitrogens with zero attached hydrogens (tertiary/aromatic N) is 1. The number of hydrogen-bond donors (Lipinski definition) is 3. The molecule has 1 atom stereocenters. The molecule has 2 rings (SSSR count). The van der Waals surface area contributed by atoms with Crippen molar-refractivity contribution >= 4 is 47.2 Å². The summed E-state index contributed by atoms with van der Waals surface area (Å²) in [6.45, 7) is 3.65. The van der Waals surface area contributed by atoms with Gasteiger partial charge in [-0.2, -0.15) is 0 Å². The number of ether oxygens (including phenoxy) is 1. The quantitative estimate of drug-likeness (QED) is 0.272. The van der Waals surface area contributed by atoms with Crippen LogP contribution in [0, 0.1) is 5.92 Å². The molecule has 0 radical (unpaired) electrons. The number of thiophene rings is 1. The van der Waals surface area contributed by atoms with Gasteiger partial charge in [-0.05, 0) is 41.5 Å². The van der Waals surface area contributed by atoms with E-state index in [4.69, 9.17) is 4.74 Å². The third kappa shape index (κ3) is 8.92. The van der Waals surface area contributed by atoms with Gasteiger partial charge in [0.15, 0.2) is 5.96 Å². The normalized spacial score (nSPS) is 11.9. The number of aliphatic imine (C=N–C) groups is 1. The van der Waals surface area contributed by atoms with Crippen LogP contribution in [0.4, 0.5) is 0 Å². The molecule has 0 saturated heterocycles. The second-order valence-corrected chi connectivity index (χ2v) is 7.35. The Labute approximate surface area is 188 Å². The first-order valence-electron chi connectivity index (χ1n) is 8.97. The van der Waals surface area contributed by atoms with Crippen LogP contribution in [-0.4, -0.2) is 39.1 Å². The molecule has 0 bridgehead atoms. The first-order chi connectivity index (χ1) is 13.1. The molecule has 0 fully saturated rings. The van der Waals surface area contributed by atoms with Crippen LogP contribution >= 0.6 is 35.3 Å². The Balaban J connectivity index is 0.00000392. The van der Waals surface area contributed by atoms with Crippen molar-refractivity contribution in [2.75, 3.05) is 27.2 Å². The lowest BCUT2D eigenvalue weighted by Crippen LogP contribution is -2.44. The monoisotopic (exact) mass is 516 g/mol. The first kappa shape index (κ1) is 24.2. The fraction of sp³-hybridized carbons (Fsp3) is 0.400. The summed E-state index contributed by atoms with van der Waals surface area (Å²) < 4.78 is 5.12. The highest BCUT2D eigenvalue weighted by molar-refractivity contribution is 14.0. The van der Waals surface area contributed by atoms with Crippen molar-refractivity contribution in [1.29, 1.82) is 0 Å². The number of nitrogens with one attached hydrogen (secondary N) is 3. The van der Waals surface area contributed by atoms with E-state index in [0.29, 0.717) is 18.4 Å². The Morgan fingerprint density at radius 1 is 1.18 bits per heavy atom. The minimum Gasteiger partial charge on any atom is -0.497 e. The zero-order chi connectivity index (χ0) is 19.5. The zero-order valence-electron chi connectivity index (χ0n) is 16.5. The summed E-state index contributed by atoms with van der Waals surface area (Å²) in [6.07, 6.45) is 1.03. The maximum atomic E-state index is 12.0. The van der Waals surface area contributed by atoms with Crippen LogP contribution in [0.1, 0.15) is 17.4 Å². The summed E-state index contributed by atoms with van der Waals surface area (Å²) >= 11 is 1.78. The topological polar surface area (TPSA) is 74.8 Å². The van der Waals surface area contributed by atoms with E-state index >= 15 is 0 Å². The van der Waals surface area contributed by atoms with E-state index in [1.165, 1.54) is 4.88 Å². The highest BCUT2D eigenvalue weighted by atomic mass is 127. The molecule has 0 aliphatic carbocycles. The molecule has 6 nitrogen and oxygen atoms in total. The van der Waals surface area contributed by atoms with Crippen molar-refractivity contribution in [2.24, 2.45) is 10.9 Å². The van der Waals surface area contributed by atoms with Gasteiger partial charge in [-0.25, -0.2) is 0 Å². The number of halogens is 1. The second kappa shape index (κ2) is 13.4. The number of guanidine groups is 1. The molecule has 8 heteroatoms. The fourth-order valence-corrected chi connectivity index (χ4v) is 3.38. The van der Waals surface area contributed by atoms with Gasteiger partial charge in [0.05, 0.1) is 13.7 Å². The summed E-state index contributed by atoms with van der Waals surface area (Å²) in [6, 6.07) is 11.8. The van der Waals surface area contributed by atoms with Gasteiger partial charge in [0.1, 0.15) is 5.75 Å². The number of hydrogen-bond acceptors (Lipinski definition) is 4. The maximum Gasteiger partial charge on any atom is 0.239 e. The Kier molecular flexibility index (Phi) is 11.6.